The van der Waals surface area contributed by atoms with E-state index in [9.17, 15) is 19.5 Å². The number of ether oxygens (including phenoxy) is 1. The van der Waals surface area contributed by atoms with Crippen molar-refractivity contribution in [3.63, 3.8) is 0 Å². The lowest BCUT2D eigenvalue weighted by Gasteiger charge is -2.20. The summed E-state index contributed by atoms with van der Waals surface area (Å²) in [5.74, 6) is -0.492. The van der Waals surface area contributed by atoms with Gasteiger partial charge in [-0.25, -0.2) is 4.79 Å². The van der Waals surface area contributed by atoms with E-state index in [1.807, 2.05) is 0 Å². The maximum atomic E-state index is 12.2. The molecule has 0 saturated carbocycles. The van der Waals surface area contributed by atoms with E-state index < -0.39 is 24.9 Å². The van der Waals surface area contributed by atoms with E-state index in [0.29, 0.717) is 37.1 Å². The van der Waals surface area contributed by atoms with E-state index in [2.05, 4.69) is 5.32 Å². The van der Waals surface area contributed by atoms with E-state index >= 15 is 0 Å². The molecule has 1 aromatic carbocycles. The highest BCUT2D eigenvalue weighted by Crippen LogP contribution is 2.22. The molecule has 0 aliphatic carbocycles. The summed E-state index contributed by atoms with van der Waals surface area (Å²) >= 11 is 0. The van der Waals surface area contributed by atoms with Crippen molar-refractivity contribution in [2.24, 2.45) is 0 Å². The molecule has 150 valence electrons. The first-order valence-corrected chi connectivity index (χ1v) is 9.38. The number of imide groups is 1. The van der Waals surface area contributed by atoms with Gasteiger partial charge in [-0.05, 0) is 31.3 Å². The van der Waals surface area contributed by atoms with Crippen LogP contribution in [0.2, 0.25) is 6.32 Å². The zero-order chi connectivity index (χ0) is 20.5. The van der Waals surface area contributed by atoms with E-state index in [4.69, 9.17) is 17.7 Å². The molecule has 2 atom stereocenters. The van der Waals surface area contributed by atoms with Crippen molar-refractivity contribution >= 4 is 25.8 Å². The van der Waals surface area contributed by atoms with Gasteiger partial charge in [0, 0.05) is 13.1 Å². The number of fused-ring (bicyclic) bond motifs is 1. The molecule has 0 saturated heterocycles. The van der Waals surface area contributed by atoms with Gasteiger partial charge >= 0.3 is 6.09 Å². The Morgan fingerprint density at radius 2 is 1.71 bits per heavy atom. The fraction of sp³-hybridized carbons (Fsp3) is 0.526. The summed E-state index contributed by atoms with van der Waals surface area (Å²) in [6, 6.07) is 6.81. The van der Waals surface area contributed by atoms with Gasteiger partial charge in [0.25, 0.3) is 11.8 Å². The minimum absolute atomic E-state index is 0.0903. The summed E-state index contributed by atoms with van der Waals surface area (Å²) in [7, 11) is 5.38. The number of carbonyl (C=O) groups excluding carboxylic acids is 3. The van der Waals surface area contributed by atoms with Crippen LogP contribution in [0.25, 0.3) is 0 Å². The summed E-state index contributed by atoms with van der Waals surface area (Å²) in [6.45, 7) is 0.222. The Kier molecular flexibility index (Phi) is 8.47. The molecule has 28 heavy (non-hydrogen) atoms. The van der Waals surface area contributed by atoms with Crippen LogP contribution in [0, 0.1) is 0 Å². The lowest BCUT2D eigenvalue weighted by Crippen LogP contribution is -2.37. The van der Waals surface area contributed by atoms with Crippen LogP contribution in [0.5, 0.6) is 0 Å². The molecule has 1 aromatic rings. The predicted molar refractivity (Wildman–Crippen MR) is 102 cm³/mol. The van der Waals surface area contributed by atoms with Gasteiger partial charge in [-0.3, -0.25) is 14.5 Å². The van der Waals surface area contributed by atoms with Gasteiger partial charge in [0.2, 0.25) is 0 Å². The number of hydrogen-bond acceptors (Lipinski definition) is 6. The Hall–Kier alpha value is -2.39. The van der Waals surface area contributed by atoms with Crippen molar-refractivity contribution in [2.75, 3.05) is 19.7 Å². The van der Waals surface area contributed by atoms with Gasteiger partial charge in [-0.15, -0.1) is 0 Å². The number of hydrogen-bond donors (Lipinski definition) is 3. The Labute approximate surface area is 165 Å². The zero-order valence-corrected chi connectivity index (χ0v) is 15.7. The molecule has 1 heterocycles. The molecule has 1 aliphatic heterocycles. The molecule has 0 aromatic heterocycles. The molecule has 0 bridgehead atoms. The number of nitrogens with zero attached hydrogens (tertiary/aromatic N) is 1. The molecule has 0 spiro atoms. The normalized spacial score (nSPS) is 15.3. The van der Waals surface area contributed by atoms with Crippen LogP contribution in [-0.4, -0.2) is 72.8 Å². The predicted octanol–water partition coefficient (Wildman–Crippen LogP) is 0.878. The van der Waals surface area contributed by atoms with Gasteiger partial charge in [-0.1, -0.05) is 25.0 Å². The molecular weight excluding hydrogens is 363 g/mol. The fourth-order valence-electron chi connectivity index (χ4n) is 2.96. The third kappa shape index (κ3) is 5.56. The quantitative estimate of drug-likeness (QED) is 0.294. The average molecular weight is 388 g/mol. The third-order valence-corrected chi connectivity index (χ3v) is 4.56. The van der Waals surface area contributed by atoms with Crippen LogP contribution in [-0.2, 0) is 4.74 Å². The first kappa shape index (κ1) is 21.9. The number of unbranched alkanes of at least 4 members (excludes halogenated alkanes) is 3. The van der Waals surface area contributed by atoms with E-state index in [-0.39, 0.29) is 18.1 Å². The van der Waals surface area contributed by atoms with Gasteiger partial charge in [0.05, 0.1) is 25.6 Å². The monoisotopic (exact) mass is 388 g/mol. The Balaban J connectivity index is 1.59. The van der Waals surface area contributed by atoms with Gasteiger partial charge < -0.3 is 20.3 Å². The molecule has 3 amide bonds. The summed E-state index contributed by atoms with van der Waals surface area (Å²) < 4.78 is 4.94. The van der Waals surface area contributed by atoms with E-state index in [1.165, 1.54) is 4.90 Å². The van der Waals surface area contributed by atoms with Crippen molar-refractivity contribution in [2.45, 2.75) is 44.2 Å². The van der Waals surface area contributed by atoms with Crippen molar-refractivity contribution < 1.29 is 29.3 Å². The highest BCUT2D eigenvalue weighted by molar-refractivity contribution is 6.21. The van der Waals surface area contributed by atoms with E-state index in [1.54, 1.807) is 24.3 Å². The van der Waals surface area contributed by atoms with E-state index in [0.717, 1.165) is 12.8 Å². The first-order chi connectivity index (χ1) is 13.5. The number of carbonyl (C=O) groups is 3. The first-order valence-electron chi connectivity index (χ1n) is 9.38. The Bertz CT molecular complexity index is 664. The van der Waals surface area contributed by atoms with Crippen molar-refractivity contribution in [3.8, 4) is 0 Å². The second kappa shape index (κ2) is 10.8. The van der Waals surface area contributed by atoms with Gasteiger partial charge in [0.15, 0.2) is 0 Å². The molecule has 2 rings (SSSR count). The Morgan fingerprint density at radius 1 is 1.11 bits per heavy atom. The lowest BCUT2D eigenvalue weighted by molar-refractivity contribution is -0.0147. The number of alkyl carbamates (subject to hydrolysis) is 1. The van der Waals surface area contributed by atoms with Crippen LogP contribution >= 0.6 is 0 Å². The molecule has 0 fully saturated rings. The standard InChI is InChI=1S/C19H25BN2O6/c20-11-16(15(24)12-23)28-19(27)21-9-5-1-2-6-10-22-17(25)13-7-3-4-8-14(13)18(22)26/h3-4,7-8,15-16,23-24H,1-2,5-6,9-12H2,(H,21,27)/t15-,16-/m0/s1. The molecule has 0 unspecified atom stereocenters. The summed E-state index contributed by atoms with van der Waals surface area (Å²) in [5, 5.41) is 20.8. The molecule has 9 heteroatoms. The Morgan fingerprint density at radius 3 is 2.29 bits per heavy atom. The highest BCUT2D eigenvalue weighted by atomic mass is 16.6. The smallest absolute Gasteiger partial charge is 0.407 e. The fourth-order valence-corrected chi connectivity index (χ4v) is 2.96. The van der Waals surface area contributed by atoms with Gasteiger partial charge in [-0.2, -0.15) is 0 Å². The lowest BCUT2D eigenvalue weighted by atomic mass is 9.96. The van der Waals surface area contributed by atoms with Crippen LogP contribution < -0.4 is 5.32 Å². The number of aliphatic hydroxyl groups excluding tert-OH is 2. The second-order valence-corrected chi connectivity index (χ2v) is 6.58. The summed E-state index contributed by atoms with van der Waals surface area (Å²) in [5.41, 5.74) is 0.912. The number of amides is 3. The van der Waals surface area contributed by atoms with Crippen molar-refractivity contribution in [1.29, 1.82) is 0 Å². The maximum absolute atomic E-state index is 12.2. The third-order valence-electron chi connectivity index (χ3n) is 4.56. The van der Waals surface area contributed by atoms with Crippen LogP contribution in [0.3, 0.4) is 0 Å². The average Bonchev–Trinajstić information content (AvgIpc) is 2.95. The number of rotatable bonds is 11. The van der Waals surface area contributed by atoms with Crippen molar-refractivity contribution in [1.82, 2.24) is 10.2 Å². The minimum Gasteiger partial charge on any atom is -0.444 e. The maximum Gasteiger partial charge on any atom is 0.407 e. The number of nitrogens with one attached hydrogen (secondary N) is 1. The van der Waals surface area contributed by atoms with Crippen molar-refractivity contribution in [3.05, 3.63) is 35.4 Å². The van der Waals surface area contributed by atoms with Crippen LogP contribution in [0.15, 0.2) is 24.3 Å². The van der Waals surface area contributed by atoms with Gasteiger partial charge in [0.1, 0.15) is 12.2 Å². The number of benzene rings is 1. The highest BCUT2D eigenvalue weighted by Gasteiger charge is 2.34. The topological polar surface area (TPSA) is 116 Å². The largest absolute Gasteiger partial charge is 0.444 e. The molecule has 8 nitrogen and oxygen atoms in total. The SMILES string of the molecule is [B]C[C@H](OC(=O)NCCCCCCN1C(=O)c2ccccc2C1=O)[C@@H](O)CO. The summed E-state index contributed by atoms with van der Waals surface area (Å²) in [4.78, 5) is 37.4. The second-order valence-electron chi connectivity index (χ2n) is 6.58. The molecule has 2 radical (unpaired) electrons. The molecule has 1 aliphatic rings. The zero-order valence-electron chi connectivity index (χ0n) is 15.7. The molecular formula is C19H25BN2O6. The van der Waals surface area contributed by atoms with Crippen LogP contribution in [0.4, 0.5) is 4.79 Å². The van der Waals surface area contributed by atoms with Crippen LogP contribution in [0.1, 0.15) is 46.4 Å². The minimum atomic E-state index is -1.21. The summed E-state index contributed by atoms with van der Waals surface area (Å²) in [6.07, 6.45) is 0.0481. The number of aliphatic hydroxyl groups is 2. The molecule has 3 N–H and O–H groups in total.